The maximum Gasteiger partial charge on any atom is 0.261 e. The number of carbonyl (C=O) groups excluding carboxylic acids is 2. The number of amides is 2. The van der Waals surface area contributed by atoms with Gasteiger partial charge in [0, 0.05) is 6.54 Å². The summed E-state index contributed by atoms with van der Waals surface area (Å²) in [5.41, 5.74) is 6.54. The number of hydrogen-bond acceptors (Lipinski definition) is 3. The van der Waals surface area contributed by atoms with Gasteiger partial charge >= 0.3 is 0 Å². The van der Waals surface area contributed by atoms with Crippen LogP contribution < -0.4 is 5.73 Å². The van der Waals surface area contributed by atoms with Crippen LogP contribution in [0.3, 0.4) is 0 Å². The van der Waals surface area contributed by atoms with Crippen molar-refractivity contribution in [1.29, 1.82) is 0 Å². The molecule has 2 rings (SSSR count). The van der Waals surface area contributed by atoms with Crippen LogP contribution in [0.4, 0.5) is 0 Å². The van der Waals surface area contributed by atoms with Gasteiger partial charge < -0.3 is 5.73 Å². The van der Waals surface area contributed by atoms with E-state index in [2.05, 4.69) is 5.92 Å². The minimum absolute atomic E-state index is 0.232. The summed E-state index contributed by atoms with van der Waals surface area (Å²) in [6, 6.07) is 6.52. The molecule has 0 spiro atoms. The number of hydrogen-bond donors (Lipinski definition) is 1. The Bertz CT molecular complexity index is 496. The van der Waals surface area contributed by atoms with Crippen molar-refractivity contribution in [2.45, 2.75) is 18.9 Å². The minimum Gasteiger partial charge on any atom is -0.318 e. The summed E-state index contributed by atoms with van der Waals surface area (Å²) < 4.78 is 0. The highest BCUT2D eigenvalue weighted by Gasteiger charge is 2.34. The van der Waals surface area contributed by atoms with Crippen LogP contribution in [0.25, 0.3) is 0 Å². The van der Waals surface area contributed by atoms with Gasteiger partial charge in [0.1, 0.15) is 0 Å². The Morgan fingerprint density at radius 1 is 1.22 bits per heavy atom. The van der Waals surface area contributed by atoms with Crippen LogP contribution in [-0.4, -0.2) is 29.3 Å². The van der Waals surface area contributed by atoms with Crippen molar-refractivity contribution in [3.63, 3.8) is 0 Å². The molecule has 4 nitrogen and oxygen atoms in total. The maximum absolute atomic E-state index is 12.0. The average molecular weight is 242 g/mol. The molecule has 92 valence electrons. The van der Waals surface area contributed by atoms with Crippen LogP contribution >= 0.6 is 0 Å². The van der Waals surface area contributed by atoms with Crippen LogP contribution in [0.2, 0.25) is 0 Å². The van der Waals surface area contributed by atoms with E-state index in [4.69, 9.17) is 12.2 Å². The third-order valence-electron chi connectivity index (χ3n) is 2.99. The highest BCUT2D eigenvalue weighted by Crippen LogP contribution is 2.22. The topological polar surface area (TPSA) is 63.4 Å². The molecule has 18 heavy (non-hydrogen) atoms. The SMILES string of the molecule is C#CC(N)CCCN1C(=O)c2ccccc2C1=O. The highest BCUT2D eigenvalue weighted by atomic mass is 16.2. The Morgan fingerprint density at radius 2 is 1.78 bits per heavy atom. The van der Waals surface area contributed by atoms with Gasteiger partial charge in [-0.3, -0.25) is 14.5 Å². The van der Waals surface area contributed by atoms with Crippen LogP contribution in [0.15, 0.2) is 24.3 Å². The lowest BCUT2D eigenvalue weighted by Crippen LogP contribution is -2.31. The molecule has 2 amide bonds. The van der Waals surface area contributed by atoms with Crippen molar-refractivity contribution < 1.29 is 9.59 Å². The highest BCUT2D eigenvalue weighted by molar-refractivity contribution is 6.21. The van der Waals surface area contributed by atoms with Crippen LogP contribution in [0, 0.1) is 12.3 Å². The predicted molar refractivity (Wildman–Crippen MR) is 67.9 cm³/mol. The second kappa shape index (κ2) is 5.03. The van der Waals surface area contributed by atoms with Gasteiger partial charge in [-0.1, -0.05) is 18.1 Å². The molecule has 0 fully saturated rings. The van der Waals surface area contributed by atoms with Crippen LogP contribution in [-0.2, 0) is 0 Å². The number of imide groups is 1. The first-order valence-electron chi connectivity index (χ1n) is 5.82. The number of terminal acetylenes is 1. The maximum atomic E-state index is 12.0. The van der Waals surface area contributed by atoms with Gasteiger partial charge in [-0.25, -0.2) is 0 Å². The number of rotatable bonds is 4. The largest absolute Gasteiger partial charge is 0.318 e. The van der Waals surface area contributed by atoms with Gasteiger partial charge in [0.2, 0.25) is 0 Å². The lowest BCUT2D eigenvalue weighted by atomic mass is 10.1. The molecule has 0 saturated carbocycles. The molecule has 1 unspecified atom stereocenters. The van der Waals surface area contributed by atoms with Crippen LogP contribution in [0.5, 0.6) is 0 Å². The van der Waals surface area contributed by atoms with E-state index in [9.17, 15) is 9.59 Å². The van der Waals surface area contributed by atoms with Gasteiger partial charge in [0.15, 0.2) is 0 Å². The van der Waals surface area contributed by atoms with Crippen molar-refractivity contribution in [2.75, 3.05) is 6.54 Å². The quantitative estimate of drug-likeness (QED) is 0.633. The van der Waals surface area contributed by atoms with Crippen molar-refractivity contribution >= 4 is 11.8 Å². The molecule has 0 bridgehead atoms. The van der Waals surface area contributed by atoms with Crippen molar-refractivity contribution in [3.8, 4) is 12.3 Å². The average Bonchev–Trinajstić information content (AvgIpc) is 2.64. The Labute approximate surface area is 106 Å². The summed E-state index contributed by atoms with van der Waals surface area (Å²) in [6.07, 6.45) is 6.39. The molecule has 1 aliphatic rings. The Hall–Kier alpha value is -2.12. The predicted octanol–water partition coefficient (Wildman–Crippen LogP) is 1.02. The number of carbonyl (C=O) groups is 2. The van der Waals surface area contributed by atoms with Gasteiger partial charge in [0.05, 0.1) is 17.2 Å². The molecule has 1 aliphatic heterocycles. The molecule has 0 aromatic heterocycles. The fourth-order valence-electron chi connectivity index (χ4n) is 1.99. The summed E-state index contributed by atoms with van der Waals surface area (Å²) in [6.45, 7) is 0.363. The molecule has 4 heteroatoms. The summed E-state index contributed by atoms with van der Waals surface area (Å²) >= 11 is 0. The second-order valence-corrected chi connectivity index (χ2v) is 4.22. The Morgan fingerprint density at radius 3 is 2.28 bits per heavy atom. The van der Waals surface area contributed by atoms with E-state index in [1.165, 1.54) is 4.90 Å². The number of benzene rings is 1. The third kappa shape index (κ3) is 2.13. The van der Waals surface area contributed by atoms with Crippen molar-refractivity contribution in [3.05, 3.63) is 35.4 Å². The molecule has 1 aromatic rings. The zero-order valence-corrected chi connectivity index (χ0v) is 9.93. The van der Waals surface area contributed by atoms with Gasteiger partial charge in [0.25, 0.3) is 11.8 Å². The van der Waals surface area contributed by atoms with Crippen molar-refractivity contribution in [2.24, 2.45) is 5.73 Å². The van der Waals surface area contributed by atoms with E-state index in [-0.39, 0.29) is 17.9 Å². The molecular weight excluding hydrogens is 228 g/mol. The molecule has 2 N–H and O–H groups in total. The monoisotopic (exact) mass is 242 g/mol. The van der Waals surface area contributed by atoms with E-state index >= 15 is 0 Å². The molecule has 1 heterocycles. The fraction of sp³-hybridized carbons (Fsp3) is 0.286. The molecule has 1 aromatic carbocycles. The zero-order chi connectivity index (χ0) is 13.1. The van der Waals surface area contributed by atoms with Crippen molar-refractivity contribution in [1.82, 2.24) is 4.90 Å². The summed E-state index contributed by atoms with van der Waals surface area (Å²) in [5.74, 6) is 1.96. The zero-order valence-electron chi connectivity index (χ0n) is 9.93. The number of nitrogens with two attached hydrogens (primary N) is 1. The van der Waals surface area contributed by atoms with Gasteiger partial charge in [-0.2, -0.15) is 0 Å². The van der Waals surface area contributed by atoms with E-state index in [0.717, 1.165) is 0 Å². The second-order valence-electron chi connectivity index (χ2n) is 4.22. The first kappa shape index (κ1) is 12.3. The first-order chi connectivity index (χ1) is 8.65. The van der Waals surface area contributed by atoms with Crippen LogP contribution in [0.1, 0.15) is 33.6 Å². The van der Waals surface area contributed by atoms with E-state index in [0.29, 0.717) is 30.5 Å². The minimum atomic E-state index is -0.319. The number of fused-ring (bicyclic) bond motifs is 1. The summed E-state index contributed by atoms with van der Waals surface area (Å²) in [4.78, 5) is 25.2. The fourth-order valence-corrected chi connectivity index (χ4v) is 1.99. The normalized spacial score (nSPS) is 15.4. The summed E-state index contributed by atoms with van der Waals surface area (Å²) in [7, 11) is 0. The standard InChI is InChI=1S/C14H14N2O2/c1-2-10(15)6-5-9-16-13(17)11-7-3-4-8-12(11)14(16)18/h1,3-4,7-8,10H,5-6,9,15H2. The molecule has 0 aliphatic carbocycles. The van der Waals surface area contributed by atoms with E-state index in [1.54, 1.807) is 24.3 Å². The lowest BCUT2D eigenvalue weighted by Gasteiger charge is -2.14. The van der Waals surface area contributed by atoms with Gasteiger partial charge in [-0.05, 0) is 25.0 Å². The Balaban J connectivity index is 2.03. The summed E-state index contributed by atoms with van der Waals surface area (Å²) in [5, 5.41) is 0. The van der Waals surface area contributed by atoms with E-state index < -0.39 is 0 Å². The van der Waals surface area contributed by atoms with Gasteiger partial charge in [-0.15, -0.1) is 6.42 Å². The lowest BCUT2D eigenvalue weighted by molar-refractivity contribution is 0.0651. The third-order valence-corrected chi connectivity index (χ3v) is 2.99. The molecule has 1 atom stereocenters. The van der Waals surface area contributed by atoms with E-state index in [1.807, 2.05) is 0 Å². The molecule has 0 saturated heterocycles. The molecular formula is C14H14N2O2. The smallest absolute Gasteiger partial charge is 0.261 e. The molecule has 0 radical (unpaired) electrons. The first-order valence-corrected chi connectivity index (χ1v) is 5.82. The number of nitrogens with zero attached hydrogens (tertiary/aromatic N) is 1. The Kier molecular flexibility index (Phi) is 3.45.